The predicted octanol–water partition coefficient (Wildman–Crippen LogP) is 4.03. The molecule has 0 amide bonds. The molecule has 0 saturated carbocycles. The maximum absolute atomic E-state index is 13.0. The van der Waals surface area contributed by atoms with Gasteiger partial charge in [-0.05, 0) is 59.0 Å². The molecule has 1 aromatic heterocycles. The Labute approximate surface area is 114 Å². The Balaban J connectivity index is 2.10. The van der Waals surface area contributed by atoms with Crippen molar-refractivity contribution in [2.24, 2.45) is 5.92 Å². The van der Waals surface area contributed by atoms with Crippen molar-refractivity contribution in [1.29, 1.82) is 0 Å². The van der Waals surface area contributed by atoms with Gasteiger partial charge in [0.25, 0.3) is 0 Å². The van der Waals surface area contributed by atoms with Crippen molar-refractivity contribution in [3.05, 3.63) is 40.4 Å². The van der Waals surface area contributed by atoms with Crippen LogP contribution in [0.15, 0.2) is 28.9 Å². The lowest BCUT2D eigenvalue weighted by Crippen LogP contribution is -2.18. The first kappa shape index (κ1) is 11.9. The second kappa shape index (κ2) is 4.50. The Morgan fingerprint density at radius 1 is 1.33 bits per heavy atom. The lowest BCUT2D eigenvalue weighted by Gasteiger charge is -2.22. The summed E-state index contributed by atoms with van der Waals surface area (Å²) in [5, 5.41) is 0. The zero-order chi connectivity index (χ0) is 12.7. The molecule has 0 N–H and O–H groups in total. The molecular weight excluding hydrogens is 295 g/mol. The van der Waals surface area contributed by atoms with Crippen molar-refractivity contribution in [1.82, 2.24) is 9.55 Å². The molecule has 94 valence electrons. The van der Waals surface area contributed by atoms with Gasteiger partial charge in [-0.3, -0.25) is 0 Å². The fourth-order valence-corrected chi connectivity index (χ4v) is 3.08. The summed E-state index contributed by atoms with van der Waals surface area (Å²) in [5.74, 6) is 1.39. The molecule has 18 heavy (non-hydrogen) atoms. The molecule has 2 aromatic rings. The molecule has 0 spiro atoms. The minimum absolute atomic E-state index is 0.211. The molecule has 1 aromatic carbocycles. The summed E-state index contributed by atoms with van der Waals surface area (Å²) >= 11 is 3.53. The number of aromatic nitrogens is 2. The van der Waals surface area contributed by atoms with Gasteiger partial charge in [0, 0.05) is 12.1 Å². The maximum atomic E-state index is 13.0. The molecule has 4 heteroatoms. The average molecular weight is 309 g/mol. The molecule has 1 unspecified atom stereocenters. The van der Waals surface area contributed by atoms with Crippen LogP contribution in [0.2, 0.25) is 0 Å². The summed E-state index contributed by atoms with van der Waals surface area (Å²) in [6.45, 7) is 3.24. The Hall–Kier alpha value is -1.16. The van der Waals surface area contributed by atoms with Crippen LogP contribution in [0.3, 0.4) is 0 Å². The van der Waals surface area contributed by atoms with E-state index >= 15 is 0 Å². The van der Waals surface area contributed by atoms with E-state index in [0.29, 0.717) is 5.92 Å². The summed E-state index contributed by atoms with van der Waals surface area (Å²) in [6.07, 6.45) is 2.25. The van der Waals surface area contributed by atoms with Crippen LogP contribution in [-0.2, 0) is 13.0 Å². The summed E-state index contributed by atoms with van der Waals surface area (Å²) in [7, 11) is 0. The van der Waals surface area contributed by atoms with Gasteiger partial charge in [0.05, 0.1) is 5.69 Å². The molecule has 0 radical (unpaired) electrons. The van der Waals surface area contributed by atoms with Crippen LogP contribution >= 0.6 is 15.9 Å². The van der Waals surface area contributed by atoms with Crippen molar-refractivity contribution in [2.75, 3.05) is 0 Å². The number of hydrogen-bond donors (Lipinski definition) is 0. The minimum Gasteiger partial charge on any atom is -0.327 e. The van der Waals surface area contributed by atoms with Gasteiger partial charge in [-0.1, -0.05) is 6.92 Å². The van der Waals surface area contributed by atoms with Gasteiger partial charge in [-0.15, -0.1) is 0 Å². The van der Waals surface area contributed by atoms with Gasteiger partial charge in [0.15, 0.2) is 0 Å². The molecular formula is C14H14BrFN2. The molecule has 1 aliphatic rings. The van der Waals surface area contributed by atoms with E-state index in [1.165, 1.54) is 24.2 Å². The zero-order valence-corrected chi connectivity index (χ0v) is 11.7. The summed E-state index contributed by atoms with van der Waals surface area (Å²) in [5.41, 5.74) is 2.23. The third kappa shape index (κ3) is 1.99. The van der Waals surface area contributed by atoms with Crippen molar-refractivity contribution < 1.29 is 4.39 Å². The molecule has 2 nitrogen and oxygen atoms in total. The van der Waals surface area contributed by atoms with Gasteiger partial charge >= 0.3 is 0 Å². The Kier molecular flexibility index (Phi) is 2.98. The van der Waals surface area contributed by atoms with Crippen LogP contribution in [0.4, 0.5) is 4.39 Å². The van der Waals surface area contributed by atoms with E-state index < -0.39 is 0 Å². The van der Waals surface area contributed by atoms with Crippen LogP contribution in [0.1, 0.15) is 19.0 Å². The second-order valence-electron chi connectivity index (χ2n) is 4.93. The number of nitrogens with zero attached hydrogens (tertiary/aromatic N) is 2. The van der Waals surface area contributed by atoms with Crippen molar-refractivity contribution >= 4 is 15.9 Å². The highest BCUT2D eigenvalue weighted by molar-refractivity contribution is 9.10. The van der Waals surface area contributed by atoms with Gasteiger partial charge < -0.3 is 4.57 Å². The fraction of sp³-hybridized carbons (Fsp3) is 0.357. The van der Waals surface area contributed by atoms with Crippen LogP contribution in [0, 0.1) is 11.7 Å². The molecule has 3 rings (SSSR count). The Morgan fingerprint density at radius 2 is 2.06 bits per heavy atom. The first-order chi connectivity index (χ1) is 8.65. The normalized spacial score (nSPS) is 18.7. The first-order valence-electron chi connectivity index (χ1n) is 6.16. The minimum atomic E-state index is -0.211. The molecule has 0 saturated heterocycles. The van der Waals surface area contributed by atoms with Gasteiger partial charge in [0.2, 0.25) is 0 Å². The molecule has 0 fully saturated rings. The zero-order valence-electron chi connectivity index (χ0n) is 10.2. The van der Waals surface area contributed by atoms with E-state index in [1.807, 2.05) is 0 Å². The van der Waals surface area contributed by atoms with Crippen molar-refractivity contribution in [2.45, 2.75) is 26.3 Å². The largest absolute Gasteiger partial charge is 0.327 e. The van der Waals surface area contributed by atoms with E-state index in [0.717, 1.165) is 29.0 Å². The molecule has 1 aliphatic heterocycles. The van der Waals surface area contributed by atoms with Crippen LogP contribution in [0.5, 0.6) is 0 Å². The summed E-state index contributed by atoms with van der Waals surface area (Å²) in [4.78, 5) is 4.58. The Bertz CT molecular complexity index is 574. The van der Waals surface area contributed by atoms with Crippen LogP contribution in [-0.4, -0.2) is 9.55 Å². The molecule has 1 atom stereocenters. The molecule has 0 aliphatic carbocycles. The number of rotatable bonds is 1. The number of fused-ring (bicyclic) bond motifs is 1. The van der Waals surface area contributed by atoms with E-state index in [9.17, 15) is 4.39 Å². The number of benzene rings is 1. The van der Waals surface area contributed by atoms with E-state index in [1.54, 1.807) is 12.1 Å². The quantitative estimate of drug-likeness (QED) is 0.777. The van der Waals surface area contributed by atoms with Crippen molar-refractivity contribution in [3.8, 4) is 11.4 Å². The molecule has 0 bridgehead atoms. The first-order valence-corrected chi connectivity index (χ1v) is 6.95. The van der Waals surface area contributed by atoms with E-state index in [-0.39, 0.29) is 5.82 Å². The topological polar surface area (TPSA) is 17.8 Å². The SMILES string of the molecule is CC1CCc2c(Br)nc(-c3ccc(F)cc3)n2C1. The lowest BCUT2D eigenvalue weighted by atomic mass is 10.00. The standard InChI is InChI=1S/C14H14BrFN2/c1-9-2-7-12-13(15)17-14(18(12)8-9)10-3-5-11(16)6-4-10/h3-6,9H,2,7-8H2,1H3. The monoisotopic (exact) mass is 308 g/mol. The number of halogens is 2. The van der Waals surface area contributed by atoms with E-state index in [2.05, 4.69) is 32.4 Å². The molecule has 2 heterocycles. The number of imidazole rings is 1. The van der Waals surface area contributed by atoms with Gasteiger partial charge in [0.1, 0.15) is 16.2 Å². The maximum Gasteiger partial charge on any atom is 0.141 e. The lowest BCUT2D eigenvalue weighted by molar-refractivity contribution is 0.401. The highest BCUT2D eigenvalue weighted by Crippen LogP contribution is 2.31. The van der Waals surface area contributed by atoms with E-state index in [4.69, 9.17) is 0 Å². The average Bonchev–Trinajstić information content (AvgIpc) is 2.67. The highest BCUT2D eigenvalue weighted by atomic mass is 79.9. The fourth-order valence-electron chi connectivity index (χ4n) is 2.50. The van der Waals surface area contributed by atoms with Crippen molar-refractivity contribution in [3.63, 3.8) is 0 Å². The number of hydrogen-bond acceptors (Lipinski definition) is 1. The van der Waals surface area contributed by atoms with Crippen LogP contribution in [0.25, 0.3) is 11.4 Å². The Morgan fingerprint density at radius 3 is 2.78 bits per heavy atom. The van der Waals surface area contributed by atoms with Gasteiger partial charge in [-0.25, -0.2) is 9.37 Å². The summed E-state index contributed by atoms with van der Waals surface area (Å²) in [6, 6.07) is 6.54. The predicted molar refractivity (Wildman–Crippen MR) is 72.8 cm³/mol. The smallest absolute Gasteiger partial charge is 0.141 e. The third-order valence-corrected chi connectivity index (χ3v) is 4.13. The summed E-state index contributed by atoms with van der Waals surface area (Å²) < 4.78 is 16.2. The second-order valence-corrected chi connectivity index (χ2v) is 5.69. The van der Waals surface area contributed by atoms with Gasteiger partial charge in [-0.2, -0.15) is 0 Å². The third-order valence-electron chi connectivity index (χ3n) is 3.49. The highest BCUT2D eigenvalue weighted by Gasteiger charge is 2.22. The van der Waals surface area contributed by atoms with Crippen LogP contribution < -0.4 is 0 Å².